The first-order valence-electron chi connectivity index (χ1n) is 11.3. The average Bonchev–Trinajstić information content (AvgIpc) is 3.28. The second-order valence-corrected chi connectivity index (χ2v) is 8.39. The zero-order valence-electron chi connectivity index (χ0n) is 18.9. The summed E-state index contributed by atoms with van der Waals surface area (Å²) in [4.78, 5) is 2.27. The van der Waals surface area contributed by atoms with Gasteiger partial charge in [0.1, 0.15) is 11.4 Å². The molecule has 34 heavy (non-hydrogen) atoms. The molecule has 0 unspecified atom stereocenters. The van der Waals surface area contributed by atoms with Crippen LogP contribution in [0.3, 0.4) is 0 Å². The van der Waals surface area contributed by atoms with E-state index in [0.29, 0.717) is 6.54 Å². The second kappa shape index (κ2) is 9.72. The normalized spacial score (nSPS) is 14.8. The number of aromatic nitrogens is 4. The number of ether oxygens (including phenoxy) is 1. The van der Waals surface area contributed by atoms with Gasteiger partial charge >= 0.3 is 6.61 Å². The van der Waals surface area contributed by atoms with Gasteiger partial charge in [-0.1, -0.05) is 42.5 Å². The third kappa shape index (κ3) is 4.56. The van der Waals surface area contributed by atoms with Gasteiger partial charge in [0.05, 0.1) is 5.69 Å². The maximum Gasteiger partial charge on any atom is 0.387 e. The molecule has 1 fully saturated rings. The lowest BCUT2D eigenvalue weighted by Crippen LogP contribution is -2.42. The molecule has 0 amide bonds. The van der Waals surface area contributed by atoms with Crippen LogP contribution in [-0.2, 0) is 13.6 Å². The Bertz CT molecular complexity index is 1270. The molecule has 1 saturated heterocycles. The average molecular weight is 465 g/mol. The maximum absolute atomic E-state index is 12.7. The Morgan fingerprint density at radius 3 is 2.47 bits per heavy atom. The molecule has 0 aliphatic carbocycles. The fraction of sp³-hybridized carbons (Fsp3) is 0.320. The van der Waals surface area contributed by atoms with E-state index in [-0.39, 0.29) is 11.8 Å². The number of halogens is 2. The molecule has 1 aliphatic heterocycles. The lowest BCUT2D eigenvalue weighted by molar-refractivity contribution is -0.0505. The quantitative estimate of drug-likeness (QED) is 0.438. The largest absolute Gasteiger partial charge is 0.434 e. The number of nitrogens with zero attached hydrogens (tertiary/aromatic N) is 5. The molecule has 1 aliphatic rings. The lowest BCUT2D eigenvalue weighted by Gasteiger charge is -2.33. The molecule has 0 atom stereocenters. The molecular formula is C25H26F2N6O. The third-order valence-electron chi connectivity index (χ3n) is 6.30. The summed E-state index contributed by atoms with van der Waals surface area (Å²) in [5, 5.41) is 19.1. The van der Waals surface area contributed by atoms with E-state index in [2.05, 4.69) is 42.4 Å². The Morgan fingerprint density at radius 1 is 1.00 bits per heavy atom. The summed E-state index contributed by atoms with van der Waals surface area (Å²) in [5.74, 6) is 1.10. The van der Waals surface area contributed by atoms with E-state index in [0.717, 1.165) is 59.5 Å². The number of hydrogen-bond acceptors (Lipinski definition) is 6. The molecular weight excluding hydrogens is 438 g/mol. The van der Waals surface area contributed by atoms with Gasteiger partial charge in [-0.2, -0.15) is 13.9 Å². The van der Waals surface area contributed by atoms with E-state index in [1.54, 1.807) is 23.0 Å². The number of benzene rings is 2. The predicted octanol–water partition coefficient (Wildman–Crippen LogP) is 4.39. The fourth-order valence-corrected chi connectivity index (χ4v) is 4.53. The smallest absolute Gasteiger partial charge is 0.387 e. The first-order chi connectivity index (χ1) is 16.6. The Morgan fingerprint density at radius 2 is 1.74 bits per heavy atom. The highest BCUT2D eigenvalue weighted by Crippen LogP contribution is 2.32. The minimum atomic E-state index is -2.83. The number of fused-ring (bicyclic) bond motifs is 1. The van der Waals surface area contributed by atoms with Crippen LogP contribution in [0.1, 0.15) is 18.4 Å². The topological polar surface area (TPSA) is 68.1 Å². The van der Waals surface area contributed by atoms with Crippen LogP contribution in [0, 0.1) is 0 Å². The molecule has 9 heteroatoms. The lowest BCUT2D eigenvalue weighted by atomic mass is 10.0. The third-order valence-corrected chi connectivity index (χ3v) is 6.30. The number of aryl methyl sites for hydroxylation is 1. The van der Waals surface area contributed by atoms with E-state index in [9.17, 15) is 8.78 Å². The number of alkyl halides is 2. The number of anilines is 1. The molecule has 2 aromatic carbocycles. The van der Waals surface area contributed by atoms with Crippen molar-refractivity contribution in [1.82, 2.24) is 25.3 Å². The highest BCUT2D eigenvalue weighted by Gasteiger charge is 2.23. The van der Waals surface area contributed by atoms with E-state index in [4.69, 9.17) is 0 Å². The van der Waals surface area contributed by atoms with E-state index in [1.165, 1.54) is 0 Å². The van der Waals surface area contributed by atoms with Gasteiger partial charge in [-0.25, -0.2) is 0 Å². The van der Waals surface area contributed by atoms with Gasteiger partial charge in [0, 0.05) is 55.3 Å². The monoisotopic (exact) mass is 464 g/mol. The van der Waals surface area contributed by atoms with E-state index >= 15 is 0 Å². The highest BCUT2D eigenvalue weighted by atomic mass is 19.3. The van der Waals surface area contributed by atoms with Crippen LogP contribution in [0.5, 0.6) is 5.75 Å². The zero-order valence-corrected chi connectivity index (χ0v) is 18.9. The minimum absolute atomic E-state index is 0.220. The van der Waals surface area contributed by atoms with Crippen LogP contribution in [0.25, 0.3) is 22.2 Å². The molecule has 0 radical (unpaired) electrons. The zero-order chi connectivity index (χ0) is 23.5. The van der Waals surface area contributed by atoms with Gasteiger partial charge in [0.25, 0.3) is 0 Å². The SMILES string of the molecule is Cn1nccc1-c1nnc(N2CCC(NCc3ccccc3OC(F)F)CC2)c2ccccc12. The summed E-state index contributed by atoms with van der Waals surface area (Å²) in [6, 6.07) is 17.3. The summed E-state index contributed by atoms with van der Waals surface area (Å²) < 4.78 is 31.8. The van der Waals surface area contributed by atoms with Crippen molar-refractivity contribution in [2.75, 3.05) is 18.0 Å². The number of piperidine rings is 1. The fourth-order valence-electron chi connectivity index (χ4n) is 4.53. The van der Waals surface area contributed by atoms with Gasteiger partial charge in [0.2, 0.25) is 0 Å². The molecule has 4 aromatic rings. The summed E-state index contributed by atoms with van der Waals surface area (Å²) in [6.07, 6.45) is 3.59. The van der Waals surface area contributed by atoms with Gasteiger partial charge in [-0.05, 0) is 25.0 Å². The molecule has 2 aromatic heterocycles. The number of rotatable bonds is 7. The van der Waals surface area contributed by atoms with Crippen LogP contribution >= 0.6 is 0 Å². The Hall–Kier alpha value is -3.59. The van der Waals surface area contributed by atoms with E-state index < -0.39 is 6.61 Å². The predicted molar refractivity (Wildman–Crippen MR) is 127 cm³/mol. The molecule has 5 rings (SSSR count). The van der Waals surface area contributed by atoms with Crippen molar-refractivity contribution in [3.05, 3.63) is 66.4 Å². The molecule has 3 heterocycles. The number of para-hydroxylation sites is 1. The van der Waals surface area contributed by atoms with Crippen LogP contribution in [0.4, 0.5) is 14.6 Å². The van der Waals surface area contributed by atoms with Crippen molar-refractivity contribution in [1.29, 1.82) is 0 Å². The molecule has 7 nitrogen and oxygen atoms in total. The van der Waals surface area contributed by atoms with Crippen molar-refractivity contribution in [2.45, 2.75) is 32.0 Å². The molecule has 176 valence electrons. The van der Waals surface area contributed by atoms with Crippen molar-refractivity contribution >= 4 is 16.6 Å². The van der Waals surface area contributed by atoms with Crippen LogP contribution in [0.2, 0.25) is 0 Å². The van der Waals surface area contributed by atoms with Gasteiger partial charge in [-0.15, -0.1) is 10.2 Å². The molecule has 0 bridgehead atoms. The summed E-state index contributed by atoms with van der Waals surface area (Å²) in [5.41, 5.74) is 2.47. The van der Waals surface area contributed by atoms with Crippen LogP contribution < -0.4 is 15.0 Å². The van der Waals surface area contributed by atoms with Gasteiger partial charge in [0.15, 0.2) is 5.82 Å². The minimum Gasteiger partial charge on any atom is -0.434 e. The van der Waals surface area contributed by atoms with Crippen LogP contribution in [0.15, 0.2) is 60.8 Å². The first-order valence-corrected chi connectivity index (χ1v) is 11.3. The Balaban J connectivity index is 1.28. The van der Waals surface area contributed by atoms with E-state index in [1.807, 2.05) is 37.4 Å². The van der Waals surface area contributed by atoms with Crippen LogP contribution in [-0.4, -0.2) is 45.7 Å². The Labute approximate surface area is 196 Å². The molecule has 0 saturated carbocycles. The summed E-state index contributed by atoms with van der Waals surface area (Å²) >= 11 is 0. The molecule has 0 spiro atoms. The highest BCUT2D eigenvalue weighted by molar-refractivity contribution is 5.99. The standard InChI is InChI=1S/C25H26F2N6O/c1-32-21(10-13-29-32)23-19-7-3-4-8-20(19)24(31-30-23)33-14-11-18(12-15-33)28-16-17-6-2-5-9-22(17)34-25(26)27/h2-10,13,18,25,28H,11-12,14-16H2,1H3. The van der Waals surface area contributed by atoms with Crippen molar-refractivity contribution in [2.24, 2.45) is 7.05 Å². The maximum atomic E-state index is 12.7. The summed E-state index contributed by atoms with van der Waals surface area (Å²) in [7, 11) is 1.90. The van der Waals surface area contributed by atoms with Crippen molar-refractivity contribution in [3.8, 4) is 17.1 Å². The van der Waals surface area contributed by atoms with Gasteiger partial charge < -0.3 is 15.0 Å². The second-order valence-electron chi connectivity index (χ2n) is 8.39. The molecule has 1 N–H and O–H groups in total. The van der Waals surface area contributed by atoms with Crippen molar-refractivity contribution < 1.29 is 13.5 Å². The van der Waals surface area contributed by atoms with Gasteiger partial charge in [-0.3, -0.25) is 4.68 Å². The number of nitrogens with one attached hydrogen (secondary N) is 1. The first kappa shape index (κ1) is 22.2. The van der Waals surface area contributed by atoms with Crippen molar-refractivity contribution in [3.63, 3.8) is 0 Å². The number of hydrogen-bond donors (Lipinski definition) is 1. The Kier molecular flexibility index (Phi) is 6.35. The summed E-state index contributed by atoms with van der Waals surface area (Å²) in [6.45, 7) is -0.687.